The summed E-state index contributed by atoms with van der Waals surface area (Å²) in [5.41, 5.74) is 9.22. The Hall–Kier alpha value is -1.17. The molecule has 0 saturated carbocycles. The van der Waals surface area contributed by atoms with Crippen LogP contribution in [0.25, 0.3) is 10.4 Å². The molecule has 152 valence electrons. The first-order valence-corrected chi connectivity index (χ1v) is 11.2. The highest BCUT2D eigenvalue weighted by Gasteiger charge is 2.49. The summed E-state index contributed by atoms with van der Waals surface area (Å²) in [5, 5.41) is 14.7. The third-order valence-corrected chi connectivity index (χ3v) is 7.12. The SMILES string of the molecule is [N-]=[N+]=N[C@@H]1C(O)[C@@H](Sc2cc(Br)cnc2Br)OC2COC(c3ccccc3)O[C@@H]21. The molecule has 1 aromatic heterocycles. The molecule has 8 nitrogen and oxygen atoms in total. The van der Waals surface area contributed by atoms with Crippen LogP contribution in [0.5, 0.6) is 0 Å². The van der Waals surface area contributed by atoms with E-state index >= 15 is 0 Å². The van der Waals surface area contributed by atoms with E-state index in [9.17, 15) is 5.11 Å². The van der Waals surface area contributed by atoms with Crippen LogP contribution in [-0.2, 0) is 14.2 Å². The molecule has 11 heteroatoms. The Morgan fingerprint density at radius 3 is 2.79 bits per heavy atom. The lowest BCUT2D eigenvalue weighted by Gasteiger charge is -2.46. The van der Waals surface area contributed by atoms with Crippen molar-refractivity contribution >= 4 is 43.6 Å². The van der Waals surface area contributed by atoms with Crippen LogP contribution in [0.15, 0.2) is 61.7 Å². The normalized spacial score (nSPS) is 31.6. The summed E-state index contributed by atoms with van der Waals surface area (Å²) in [6.45, 7) is 0.253. The first-order valence-electron chi connectivity index (χ1n) is 8.74. The predicted octanol–water partition coefficient (Wildman–Crippen LogP) is 4.58. The number of azide groups is 1. The smallest absolute Gasteiger partial charge is 0.184 e. The van der Waals surface area contributed by atoms with Gasteiger partial charge in [0.2, 0.25) is 0 Å². The number of benzene rings is 1. The molecule has 3 heterocycles. The van der Waals surface area contributed by atoms with Crippen LogP contribution in [-0.4, -0.2) is 46.5 Å². The number of rotatable bonds is 4. The van der Waals surface area contributed by atoms with E-state index < -0.39 is 36.1 Å². The van der Waals surface area contributed by atoms with Crippen LogP contribution in [0.2, 0.25) is 0 Å². The van der Waals surface area contributed by atoms with Crippen molar-refractivity contribution < 1.29 is 19.3 Å². The van der Waals surface area contributed by atoms with E-state index in [0.717, 1.165) is 14.9 Å². The lowest BCUT2D eigenvalue weighted by molar-refractivity contribution is -0.297. The van der Waals surface area contributed by atoms with Gasteiger partial charge in [-0.3, -0.25) is 0 Å². The summed E-state index contributed by atoms with van der Waals surface area (Å²) in [6, 6.07) is 10.5. The third-order valence-electron chi connectivity index (χ3n) is 4.61. The first-order chi connectivity index (χ1) is 14.1. The Labute approximate surface area is 187 Å². The van der Waals surface area contributed by atoms with Crippen molar-refractivity contribution in [2.45, 2.75) is 41.0 Å². The van der Waals surface area contributed by atoms with Crippen molar-refractivity contribution in [1.82, 2.24) is 4.98 Å². The second-order valence-corrected chi connectivity index (χ2v) is 9.27. The van der Waals surface area contributed by atoms with E-state index in [1.807, 2.05) is 36.4 Å². The van der Waals surface area contributed by atoms with E-state index in [4.69, 9.17) is 19.7 Å². The van der Waals surface area contributed by atoms with Gasteiger partial charge in [-0.1, -0.05) is 47.2 Å². The van der Waals surface area contributed by atoms with Gasteiger partial charge in [-0.2, -0.15) is 0 Å². The van der Waals surface area contributed by atoms with Crippen LogP contribution >= 0.6 is 43.6 Å². The van der Waals surface area contributed by atoms with Gasteiger partial charge in [0.05, 0.1) is 12.6 Å². The summed E-state index contributed by atoms with van der Waals surface area (Å²) >= 11 is 8.08. The summed E-state index contributed by atoms with van der Waals surface area (Å²) in [5.74, 6) is 0. The minimum Gasteiger partial charge on any atom is -0.389 e. The maximum absolute atomic E-state index is 10.9. The summed E-state index contributed by atoms with van der Waals surface area (Å²) in [4.78, 5) is 7.93. The number of ether oxygens (including phenoxy) is 3. The molecule has 0 radical (unpaired) electrons. The van der Waals surface area contributed by atoms with Crippen LogP contribution in [0.1, 0.15) is 11.9 Å². The number of halogens is 2. The standard InChI is InChI=1S/C18H16Br2N4O4S/c19-10-6-12(16(20)22-7-10)29-18-14(25)13(23-24-21)15-11(27-18)8-26-17(28-15)9-4-2-1-3-5-9/h1-7,11,13-15,17-18,25H,8H2/t11?,13-,14?,15+,17?,18-/m1/s1. The van der Waals surface area contributed by atoms with Gasteiger partial charge in [0, 0.05) is 26.0 Å². The molecular weight excluding hydrogens is 528 g/mol. The van der Waals surface area contributed by atoms with Gasteiger partial charge in [0.1, 0.15) is 28.4 Å². The van der Waals surface area contributed by atoms with Gasteiger partial charge in [0.15, 0.2) is 6.29 Å². The molecule has 0 aliphatic carbocycles. The second-order valence-electron chi connectivity index (χ2n) is 6.47. The molecule has 6 atom stereocenters. The Balaban J connectivity index is 1.56. The summed E-state index contributed by atoms with van der Waals surface area (Å²) in [7, 11) is 0. The Morgan fingerprint density at radius 2 is 2.03 bits per heavy atom. The van der Waals surface area contributed by atoms with E-state index in [1.165, 1.54) is 11.8 Å². The van der Waals surface area contributed by atoms with Crippen LogP contribution in [0, 0.1) is 0 Å². The van der Waals surface area contributed by atoms with Crippen molar-refractivity contribution in [2.24, 2.45) is 5.11 Å². The first kappa shape index (κ1) is 21.1. The largest absolute Gasteiger partial charge is 0.389 e. The van der Waals surface area contributed by atoms with Gasteiger partial charge in [0.25, 0.3) is 0 Å². The molecule has 4 rings (SSSR count). The topological polar surface area (TPSA) is 110 Å². The highest BCUT2D eigenvalue weighted by atomic mass is 79.9. The highest BCUT2D eigenvalue weighted by Crippen LogP contribution is 2.41. The summed E-state index contributed by atoms with van der Waals surface area (Å²) < 4.78 is 19.4. The molecule has 1 N–H and O–H groups in total. The fourth-order valence-electron chi connectivity index (χ4n) is 3.26. The van der Waals surface area contributed by atoms with Crippen molar-refractivity contribution in [3.8, 4) is 0 Å². The van der Waals surface area contributed by atoms with Crippen LogP contribution in [0.3, 0.4) is 0 Å². The molecule has 2 aliphatic heterocycles. The predicted molar refractivity (Wildman–Crippen MR) is 113 cm³/mol. The van der Waals surface area contributed by atoms with Gasteiger partial charge < -0.3 is 19.3 Å². The van der Waals surface area contributed by atoms with E-state index in [2.05, 4.69) is 46.9 Å². The van der Waals surface area contributed by atoms with Crippen molar-refractivity contribution in [2.75, 3.05) is 6.61 Å². The van der Waals surface area contributed by atoms with Gasteiger partial charge >= 0.3 is 0 Å². The Bertz CT molecular complexity index is 918. The zero-order valence-corrected chi connectivity index (χ0v) is 18.8. The van der Waals surface area contributed by atoms with E-state index in [-0.39, 0.29) is 6.61 Å². The highest BCUT2D eigenvalue weighted by molar-refractivity contribution is 9.11. The zero-order valence-electron chi connectivity index (χ0n) is 14.8. The number of thioether (sulfide) groups is 1. The summed E-state index contributed by atoms with van der Waals surface area (Å²) in [6.07, 6.45) is -1.13. The number of hydrogen-bond acceptors (Lipinski definition) is 7. The fourth-order valence-corrected chi connectivity index (χ4v) is 5.33. The maximum atomic E-state index is 10.9. The molecular formula is C18H16Br2N4O4S. The Kier molecular flexibility index (Phi) is 6.77. The number of nitrogens with zero attached hydrogens (tertiary/aromatic N) is 4. The van der Waals surface area contributed by atoms with Gasteiger partial charge in [-0.15, -0.1) is 0 Å². The fraction of sp³-hybridized carbons (Fsp3) is 0.389. The quantitative estimate of drug-likeness (QED) is 0.261. The molecule has 2 saturated heterocycles. The Morgan fingerprint density at radius 1 is 1.24 bits per heavy atom. The molecule has 1 aromatic carbocycles. The van der Waals surface area contributed by atoms with Crippen LogP contribution in [0.4, 0.5) is 0 Å². The van der Waals surface area contributed by atoms with E-state index in [1.54, 1.807) is 6.20 Å². The molecule has 2 fully saturated rings. The molecule has 0 spiro atoms. The monoisotopic (exact) mass is 542 g/mol. The number of aliphatic hydroxyl groups is 1. The molecule has 2 aromatic rings. The number of pyridine rings is 1. The lowest BCUT2D eigenvalue weighted by Crippen LogP contribution is -2.60. The van der Waals surface area contributed by atoms with Crippen LogP contribution < -0.4 is 0 Å². The van der Waals surface area contributed by atoms with Gasteiger partial charge in [-0.25, -0.2) is 4.98 Å². The molecule has 3 unspecified atom stereocenters. The number of aliphatic hydroxyl groups excluding tert-OH is 1. The number of fused-ring (bicyclic) bond motifs is 1. The van der Waals surface area contributed by atoms with E-state index in [0.29, 0.717) is 4.60 Å². The zero-order chi connectivity index (χ0) is 20.4. The molecule has 2 aliphatic rings. The molecule has 0 bridgehead atoms. The van der Waals surface area contributed by atoms with Crippen molar-refractivity contribution in [3.63, 3.8) is 0 Å². The lowest BCUT2D eigenvalue weighted by atomic mass is 9.97. The molecule has 0 amide bonds. The number of hydrogen-bond donors (Lipinski definition) is 1. The molecule has 29 heavy (non-hydrogen) atoms. The minimum absolute atomic E-state index is 0.253. The van der Waals surface area contributed by atoms with Gasteiger partial charge in [-0.05, 0) is 43.5 Å². The van der Waals surface area contributed by atoms with Crippen molar-refractivity contribution in [1.29, 1.82) is 0 Å². The third kappa shape index (κ3) is 4.62. The maximum Gasteiger partial charge on any atom is 0.184 e. The number of aromatic nitrogens is 1. The minimum atomic E-state index is -1.07. The second kappa shape index (κ2) is 9.32. The van der Waals surface area contributed by atoms with Crippen molar-refractivity contribution in [3.05, 3.63) is 67.7 Å². The average molecular weight is 544 g/mol. The average Bonchev–Trinajstić information content (AvgIpc) is 2.74.